The van der Waals surface area contributed by atoms with Crippen LogP contribution in [0.3, 0.4) is 0 Å². The van der Waals surface area contributed by atoms with Crippen molar-refractivity contribution < 1.29 is 23.8 Å². The number of carbonyl (C=O) groups is 2. The molecule has 1 aliphatic heterocycles. The molecule has 6 rings (SSSR count). The first-order chi connectivity index (χ1) is 13.9. The molecule has 4 aliphatic carbocycles. The van der Waals surface area contributed by atoms with Crippen molar-refractivity contribution in [1.29, 1.82) is 0 Å². The molecule has 4 fully saturated rings. The average Bonchev–Trinajstić information content (AvgIpc) is 2.68. The van der Waals surface area contributed by atoms with E-state index in [0.717, 1.165) is 25.7 Å². The highest BCUT2D eigenvalue weighted by atomic mass is 35.5. The molecule has 7 heteroatoms. The fourth-order valence-corrected chi connectivity index (χ4v) is 6.81. The number of para-hydroxylation sites is 2. The molecule has 5 atom stereocenters. The third kappa shape index (κ3) is 3.67. The molecule has 1 amide bonds. The second-order valence-electron chi connectivity index (χ2n) is 9.27. The van der Waals surface area contributed by atoms with E-state index in [2.05, 4.69) is 5.32 Å². The predicted molar refractivity (Wildman–Crippen MR) is 106 cm³/mol. The Kier molecular flexibility index (Phi) is 4.65. The van der Waals surface area contributed by atoms with Crippen LogP contribution in [0.5, 0.6) is 11.5 Å². The molecule has 1 aromatic rings. The number of hydrogen-bond acceptors (Lipinski definition) is 5. The van der Waals surface area contributed by atoms with E-state index < -0.39 is 5.41 Å². The van der Waals surface area contributed by atoms with Gasteiger partial charge in [-0.05, 0) is 62.5 Å². The zero-order valence-electron chi connectivity index (χ0n) is 16.3. The number of nitrogens with one attached hydrogen (secondary N) is 1. The van der Waals surface area contributed by atoms with E-state index in [0.29, 0.717) is 42.9 Å². The number of ether oxygens (including phenoxy) is 3. The summed E-state index contributed by atoms with van der Waals surface area (Å²) >= 11 is 6.79. The molecule has 1 N–H and O–H groups in total. The highest BCUT2D eigenvalue weighted by Crippen LogP contribution is 2.64. The predicted octanol–water partition coefficient (Wildman–Crippen LogP) is 3.06. The first-order valence-electron chi connectivity index (χ1n) is 10.4. The van der Waals surface area contributed by atoms with Gasteiger partial charge in [0.1, 0.15) is 12.7 Å². The Bertz CT molecular complexity index is 813. The largest absolute Gasteiger partial charge is 0.486 e. The number of benzene rings is 1. The smallest absolute Gasteiger partial charge is 0.312 e. The Labute approximate surface area is 175 Å². The summed E-state index contributed by atoms with van der Waals surface area (Å²) in [5.41, 5.74) is -0.490. The average molecular weight is 420 g/mol. The van der Waals surface area contributed by atoms with E-state index in [9.17, 15) is 9.59 Å². The highest BCUT2D eigenvalue weighted by Gasteiger charge is 2.60. The number of hydrogen-bond donors (Lipinski definition) is 1. The van der Waals surface area contributed by atoms with E-state index in [1.807, 2.05) is 24.3 Å². The summed E-state index contributed by atoms with van der Waals surface area (Å²) < 4.78 is 16.9. The number of carbonyl (C=O) groups excluding carboxylic acids is 2. The minimum Gasteiger partial charge on any atom is -0.486 e. The summed E-state index contributed by atoms with van der Waals surface area (Å²) in [6, 6.07) is 7.44. The molecule has 29 heavy (non-hydrogen) atoms. The van der Waals surface area contributed by atoms with Crippen LogP contribution in [0, 0.1) is 17.3 Å². The summed E-state index contributed by atoms with van der Waals surface area (Å²) in [7, 11) is 0. The lowest BCUT2D eigenvalue weighted by molar-refractivity contribution is -0.171. The van der Waals surface area contributed by atoms with Crippen LogP contribution < -0.4 is 14.8 Å². The van der Waals surface area contributed by atoms with E-state index >= 15 is 0 Å². The lowest BCUT2D eigenvalue weighted by atomic mass is 9.49. The number of alkyl halides is 1. The van der Waals surface area contributed by atoms with Gasteiger partial charge in [-0.15, -0.1) is 11.6 Å². The second kappa shape index (κ2) is 7.08. The van der Waals surface area contributed by atoms with Gasteiger partial charge in [-0.25, -0.2) is 0 Å². The van der Waals surface area contributed by atoms with Crippen LogP contribution in [0.2, 0.25) is 0 Å². The Morgan fingerprint density at radius 3 is 2.59 bits per heavy atom. The van der Waals surface area contributed by atoms with Crippen molar-refractivity contribution in [1.82, 2.24) is 5.32 Å². The summed E-state index contributed by atoms with van der Waals surface area (Å²) in [5, 5.41) is 2.77. The van der Waals surface area contributed by atoms with E-state index in [4.69, 9.17) is 25.8 Å². The molecule has 0 aromatic heterocycles. The molecule has 6 nitrogen and oxygen atoms in total. The molecule has 2 unspecified atom stereocenters. The van der Waals surface area contributed by atoms with Gasteiger partial charge in [-0.1, -0.05) is 12.1 Å². The first kappa shape index (κ1) is 19.0. The number of fused-ring (bicyclic) bond motifs is 1. The molecular formula is C22H26ClNO5. The van der Waals surface area contributed by atoms with Gasteiger partial charge in [0.15, 0.2) is 18.1 Å². The van der Waals surface area contributed by atoms with E-state index in [-0.39, 0.29) is 29.5 Å². The maximum atomic E-state index is 12.9. The van der Waals surface area contributed by atoms with Crippen LogP contribution in [0.15, 0.2) is 24.3 Å². The summed E-state index contributed by atoms with van der Waals surface area (Å²) in [5.74, 6) is 1.82. The van der Waals surface area contributed by atoms with E-state index in [1.54, 1.807) is 0 Å². The quantitative estimate of drug-likeness (QED) is 0.586. The number of amides is 1. The molecule has 4 bridgehead atoms. The van der Waals surface area contributed by atoms with Crippen molar-refractivity contribution in [2.45, 2.75) is 49.5 Å². The van der Waals surface area contributed by atoms with Crippen molar-refractivity contribution >= 4 is 23.5 Å². The zero-order chi connectivity index (χ0) is 20.1. The maximum absolute atomic E-state index is 12.9. The monoisotopic (exact) mass is 419 g/mol. The van der Waals surface area contributed by atoms with Crippen molar-refractivity contribution in [3.05, 3.63) is 24.3 Å². The van der Waals surface area contributed by atoms with Gasteiger partial charge in [-0.3, -0.25) is 9.59 Å². The Morgan fingerprint density at radius 1 is 1.14 bits per heavy atom. The third-order valence-electron chi connectivity index (χ3n) is 6.85. The van der Waals surface area contributed by atoms with Crippen LogP contribution in [-0.2, 0) is 14.3 Å². The van der Waals surface area contributed by atoms with Crippen molar-refractivity contribution in [2.75, 3.05) is 19.8 Å². The van der Waals surface area contributed by atoms with Crippen LogP contribution in [0.4, 0.5) is 0 Å². The molecule has 156 valence electrons. The number of esters is 1. The van der Waals surface area contributed by atoms with Crippen LogP contribution in [-0.4, -0.2) is 42.6 Å². The summed E-state index contributed by atoms with van der Waals surface area (Å²) in [6.07, 6.45) is 5.30. The number of rotatable bonds is 5. The molecule has 0 saturated heterocycles. The Balaban J connectivity index is 1.11. The van der Waals surface area contributed by atoms with Gasteiger partial charge >= 0.3 is 5.97 Å². The van der Waals surface area contributed by atoms with Gasteiger partial charge < -0.3 is 19.5 Å². The zero-order valence-corrected chi connectivity index (χ0v) is 17.1. The molecule has 1 aromatic carbocycles. The maximum Gasteiger partial charge on any atom is 0.312 e. The van der Waals surface area contributed by atoms with Gasteiger partial charge in [0, 0.05) is 4.87 Å². The van der Waals surface area contributed by atoms with Gasteiger partial charge in [0.25, 0.3) is 5.91 Å². The standard InChI is InChI=1S/C22H26ClNO5/c23-22-8-14-5-15(9-22)7-21(6-14,13-22)20(26)28-12-19(25)24-10-16-11-27-17-3-1-2-4-18(17)29-16/h1-4,14-16H,5-13H2,(H,24,25)/t14-,15+,16-,21?,22?/m1/s1. The Morgan fingerprint density at radius 2 is 1.86 bits per heavy atom. The topological polar surface area (TPSA) is 73.9 Å². The van der Waals surface area contributed by atoms with Gasteiger partial charge in [0.2, 0.25) is 0 Å². The fraction of sp³-hybridized carbons (Fsp3) is 0.636. The van der Waals surface area contributed by atoms with Crippen molar-refractivity contribution in [2.24, 2.45) is 17.3 Å². The summed E-state index contributed by atoms with van der Waals surface area (Å²) in [6.45, 7) is 0.390. The highest BCUT2D eigenvalue weighted by molar-refractivity contribution is 6.24. The van der Waals surface area contributed by atoms with Gasteiger partial charge in [-0.2, -0.15) is 0 Å². The van der Waals surface area contributed by atoms with Crippen LogP contribution >= 0.6 is 11.6 Å². The van der Waals surface area contributed by atoms with Crippen LogP contribution in [0.25, 0.3) is 0 Å². The van der Waals surface area contributed by atoms with Gasteiger partial charge in [0.05, 0.1) is 12.0 Å². The molecule has 0 spiro atoms. The molecule has 0 radical (unpaired) electrons. The molecule has 1 heterocycles. The van der Waals surface area contributed by atoms with Crippen LogP contribution in [0.1, 0.15) is 38.5 Å². The second-order valence-corrected chi connectivity index (χ2v) is 10.1. The first-order valence-corrected chi connectivity index (χ1v) is 10.8. The summed E-state index contributed by atoms with van der Waals surface area (Å²) in [4.78, 5) is 24.8. The van der Waals surface area contributed by atoms with Crippen molar-refractivity contribution in [3.8, 4) is 11.5 Å². The molecular weight excluding hydrogens is 394 g/mol. The normalized spacial score (nSPS) is 36.5. The minimum absolute atomic E-state index is 0.250. The SMILES string of the molecule is O=C(COC(=O)C12C[C@@H]3C[C@@H](CC(Cl)(C3)C1)C2)NC[C@@H]1COc2ccccc2O1. The lowest BCUT2D eigenvalue weighted by Gasteiger charge is -2.58. The minimum atomic E-state index is -0.490. The van der Waals surface area contributed by atoms with Crippen molar-refractivity contribution in [3.63, 3.8) is 0 Å². The molecule has 5 aliphatic rings. The lowest BCUT2D eigenvalue weighted by Crippen LogP contribution is -2.56. The number of halogens is 1. The molecule has 4 saturated carbocycles. The fourth-order valence-electron chi connectivity index (χ4n) is 6.12. The Hall–Kier alpha value is -1.95. The van der Waals surface area contributed by atoms with E-state index in [1.165, 1.54) is 6.42 Å². The third-order valence-corrected chi connectivity index (χ3v) is 7.29.